The van der Waals surface area contributed by atoms with Gasteiger partial charge in [-0.3, -0.25) is 14.4 Å². The second-order valence-electron chi connectivity index (χ2n) is 9.32. The van der Waals surface area contributed by atoms with Crippen LogP contribution in [-0.4, -0.2) is 54.6 Å². The number of Topliss-reactive ketones (excluding diaryl/α,β-unsaturated/α-hetero) is 1. The lowest BCUT2D eigenvalue weighted by Gasteiger charge is -2.22. The van der Waals surface area contributed by atoms with E-state index in [9.17, 15) is 14.4 Å². The molecule has 9 nitrogen and oxygen atoms in total. The van der Waals surface area contributed by atoms with Crippen LogP contribution < -0.4 is 5.32 Å². The fraction of sp³-hybridized carbons (Fsp3) is 0.385. The molecule has 0 saturated carbocycles. The molecule has 1 amide bonds. The molecular weight excluding hydrogens is 514 g/mol. The van der Waals surface area contributed by atoms with Crippen molar-refractivity contribution in [3.63, 3.8) is 0 Å². The molecule has 1 atom stereocenters. The molecule has 37 heavy (non-hydrogen) atoms. The van der Waals surface area contributed by atoms with Crippen molar-refractivity contribution >= 4 is 40.4 Å². The first-order valence-corrected chi connectivity index (χ1v) is 13.2. The number of ether oxygens (including phenoxy) is 1. The van der Waals surface area contributed by atoms with Gasteiger partial charge in [0.2, 0.25) is 0 Å². The number of carbonyl (C=O) groups is 3. The molecule has 1 aromatic heterocycles. The zero-order valence-corrected chi connectivity index (χ0v) is 22.6. The Labute approximate surface area is 225 Å². The molecule has 0 aliphatic rings. The van der Waals surface area contributed by atoms with E-state index in [1.54, 1.807) is 45.0 Å². The highest BCUT2D eigenvalue weighted by Gasteiger charge is 2.28. The fourth-order valence-electron chi connectivity index (χ4n) is 3.47. The van der Waals surface area contributed by atoms with E-state index in [-0.39, 0.29) is 13.0 Å². The quantitative estimate of drug-likeness (QED) is 0.272. The summed E-state index contributed by atoms with van der Waals surface area (Å²) in [5.41, 5.74) is 1.02. The highest BCUT2D eigenvalue weighted by Crippen LogP contribution is 2.25. The van der Waals surface area contributed by atoms with Crippen LogP contribution >= 0.6 is 23.4 Å². The Morgan fingerprint density at radius 1 is 1.08 bits per heavy atom. The third-order valence-electron chi connectivity index (χ3n) is 5.11. The molecule has 0 aliphatic carbocycles. The summed E-state index contributed by atoms with van der Waals surface area (Å²) in [5.74, 6) is -0.165. The molecule has 3 aromatic rings. The minimum absolute atomic E-state index is 0.264. The van der Waals surface area contributed by atoms with Gasteiger partial charge in [0.25, 0.3) is 5.24 Å². The number of aryl methyl sites for hydroxylation is 1. The van der Waals surface area contributed by atoms with Crippen molar-refractivity contribution in [3.8, 4) is 11.4 Å². The van der Waals surface area contributed by atoms with Gasteiger partial charge in [0.15, 0.2) is 11.6 Å². The number of ketones is 1. The Kier molecular flexibility index (Phi) is 10.2. The van der Waals surface area contributed by atoms with Gasteiger partial charge in [-0.05, 0) is 61.7 Å². The molecule has 0 fully saturated rings. The summed E-state index contributed by atoms with van der Waals surface area (Å²) in [7, 11) is 0. The normalized spacial score (nSPS) is 12.1. The molecule has 1 N–H and O–H groups in total. The van der Waals surface area contributed by atoms with E-state index in [1.165, 1.54) is 10.2 Å². The standard InChI is InChI=1S/C26H30ClN5O4S/c1-26(2,3)36-23(34)16-21(28-25(35)37-15-9-12-18-10-5-4-6-11-18)22(33)17-32-24(29-30-31-32)19-13-7-8-14-20(19)27/h4-8,10-11,13-14,21H,9,12,15-17H2,1-3H3,(H,28,35). The van der Waals surface area contributed by atoms with Crippen LogP contribution in [0.2, 0.25) is 5.02 Å². The van der Waals surface area contributed by atoms with Gasteiger partial charge >= 0.3 is 5.97 Å². The van der Waals surface area contributed by atoms with Gasteiger partial charge < -0.3 is 10.1 Å². The van der Waals surface area contributed by atoms with Gasteiger partial charge in [0.05, 0.1) is 11.4 Å². The van der Waals surface area contributed by atoms with E-state index in [4.69, 9.17) is 16.3 Å². The van der Waals surface area contributed by atoms with Crippen LogP contribution in [0.4, 0.5) is 4.79 Å². The summed E-state index contributed by atoms with van der Waals surface area (Å²) in [6.07, 6.45) is 1.32. The zero-order valence-electron chi connectivity index (χ0n) is 21.0. The number of aromatic nitrogens is 4. The number of amides is 1. The van der Waals surface area contributed by atoms with Crippen LogP contribution in [0.25, 0.3) is 11.4 Å². The maximum Gasteiger partial charge on any atom is 0.308 e. The first-order valence-electron chi connectivity index (χ1n) is 11.9. The van der Waals surface area contributed by atoms with Gasteiger partial charge in [-0.25, -0.2) is 4.68 Å². The largest absolute Gasteiger partial charge is 0.460 e. The van der Waals surface area contributed by atoms with Crippen molar-refractivity contribution in [2.24, 2.45) is 0 Å². The number of nitrogens with zero attached hydrogens (tertiary/aromatic N) is 4. The number of hydrogen-bond acceptors (Lipinski definition) is 8. The number of hydrogen-bond donors (Lipinski definition) is 1. The second-order valence-corrected chi connectivity index (χ2v) is 10.8. The summed E-state index contributed by atoms with van der Waals surface area (Å²) in [6.45, 7) is 4.94. The molecule has 0 spiro atoms. The maximum absolute atomic E-state index is 13.2. The van der Waals surface area contributed by atoms with Crippen molar-refractivity contribution in [2.45, 2.75) is 58.2 Å². The van der Waals surface area contributed by atoms with Crippen LogP contribution in [0.15, 0.2) is 54.6 Å². The van der Waals surface area contributed by atoms with Crippen molar-refractivity contribution in [1.82, 2.24) is 25.5 Å². The smallest absolute Gasteiger partial charge is 0.308 e. The lowest BCUT2D eigenvalue weighted by atomic mass is 10.1. The van der Waals surface area contributed by atoms with E-state index >= 15 is 0 Å². The Morgan fingerprint density at radius 2 is 1.78 bits per heavy atom. The van der Waals surface area contributed by atoms with Crippen LogP contribution in [-0.2, 0) is 27.3 Å². The van der Waals surface area contributed by atoms with Gasteiger partial charge in [0, 0.05) is 11.3 Å². The summed E-state index contributed by atoms with van der Waals surface area (Å²) in [5, 5.41) is 14.3. The van der Waals surface area contributed by atoms with Crippen LogP contribution in [0, 0.1) is 0 Å². The lowest BCUT2D eigenvalue weighted by molar-refractivity contribution is -0.156. The topological polar surface area (TPSA) is 116 Å². The summed E-state index contributed by atoms with van der Waals surface area (Å²) in [6, 6.07) is 15.9. The number of benzene rings is 2. The van der Waals surface area contributed by atoms with Gasteiger partial charge in [-0.1, -0.05) is 65.8 Å². The SMILES string of the molecule is CC(C)(C)OC(=O)CC(NC(=O)SCCCc1ccccc1)C(=O)Cn1nnnc1-c1ccccc1Cl. The Hall–Kier alpha value is -3.24. The van der Waals surface area contributed by atoms with E-state index in [2.05, 4.69) is 20.8 Å². The van der Waals surface area contributed by atoms with E-state index in [1.807, 2.05) is 30.3 Å². The summed E-state index contributed by atoms with van der Waals surface area (Å²) >= 11 is 7.34. The Bertz CT molecular complexity index is 1210. The highest BCUT2D eigenvalue weighted by molar-refractivity contribution is 8.13. The number of rotatable bonds is 11. The van der Waals surface area contributed by atoms with E-state index in [0.717, 1.165) is 24.6 Å². The molecule has 0 aliphatic heterocycles. The van der Waals surface area contributed by atoms with Gasteiger partial charge in [-0.2, -0.15) is 0 Å². The van der Waals surface area contributed by atoms with Gasteiger partial charge in [0.1, 0.15) is 18.2 Å². The van der Waals surface area contributed by atoms with E-state index < -0.39 is 28.6 Å². The molecule has 196 valence electrons. The third-order valence-corrected chi connectivity index (χ3v) is 6.31. The first kappa shape index (κ1) is 28.3. The highest BCUT2D eigenvalue weighted by atomic mass is 35.5. The third kappa shape index (κ3) is 9.29. The number of nitrogens with one attached hydrogen (secondary N) is 1. The second kappa shape index (κ2) is 13.3. The maximum atomic E-state index is 13.2. The predicted octanol–water partition coefficient (Wildman–Crippen LogP) is 4.74. The van der Waals surface area contributed by atoms with Crippen molar-refractivity contribution in [3.05, 3.63) is 65.2 Å². The molecule has 2 aromatic carbocycles. The molecule has 3 rings (SSSR count). The molecular formula is C26H30ClN5O4S. The summed E-state index contributed by atoms with van der Waals surface area (Å²) in [4.78, 5) is 38.4. The number of carbonyl (C=O) groups excluding carboxylic acids is 3. The van der Waals surface area contributed by atoms with Crippen LogP contribution in [0.3, 0.4) is 0 Å². The average molecular weight is 544 g/mol. The molecule has 11 heteroatoms. The van der Waals surface area contributed by atoms with Gasteiger partial charge in [-0.15, -0.1) is 5.10 Å². The summed E-state index contributed by atoms with van der Waals surface area (Å²) < 4.78 is 6.67. The molecule has 0 bridgehead atoms. The molecule has 0 radical (unpaired) electrons. The Morgan fingerprint density at radius 3 is 2.49 bits per heavy atom. The molecule has 1 heterocycles. The Balaban J connectivity index is 1.65. The zero-order chi connectivity index (χ0) is 26.8. The first-order chi connectivity index (χ1) is 17.6. The predicted molar refractivity (Wildman–Crippen MR) is 143 cm³/mol. The number of thioether (sulfide) groups is 1. The van der Waals surface area contributed by atoms with Crippen LogP contribution in [0.1, 0.15) is 39.2 Å². The minimum atomic E-state index is -1.10. The minimum Gasteiger partial charge on any atom is -0.460 e. The van der Waals surface area contributed by atoms with Crippen molar-refractivity contribution < 1.29 is 19.1 Å². The van der Waals surface area contributed by atoms with Crippen molar-refractivity contribution in [1.29, 1.82) is 0 Å². The van der Waals surface area contributed by atoms with Crippen LogP contribution in [0.5, 0.6) is 0 Å². The number of halogens is 1. The van der Waals surface area contributed by atoms with Crippen molar-refractivity contribution in [2.75, 3.05) is 5.75 Å². The molecule has 1 unspecified atom stereocenters. The van der Waals surface area contributed by atoms with E-state index in [0.29, 0.717) is 22.2 Å². The lowest BCUT2D eigenvalue weighted by Crippen LogP contribution is -2.43. The monoisotopic (exact) mass is 543 g/mol. The fourth-order valence-corrected chi connectivity index (χ4v) is 4.39. The average Bonchev–Trinajstić information content (AvgIpc) is 3.29. The number of tetrazole rings is 1. The molecule has 0 saturated heterocycles. The number of esters is 1.